The lowest BCUT2D eigenvalue weighted by atomic mass is 10.1. The van der Waals surface area contributed by atoms with Crippen LogP contribution in [0.2, 0.25) is 0 Å². The van der Waals surface area contributed by atoms with Crippen molar-refractivity contribution in [3.63, 3.8) is 0 Å². The van der Waals surface area contributed by atoms with E-state index in [1.165, 1.54) is 0 Å². The fourth-order valence-corrected chi connectivity index (χ4v) is 1.14. The van der Waals surface area contributed by atoms with Crippen LogP contribution in [-0.4, -0.2) is 29.1 Å². The van der Waals surface area contributed by atoms with Crippen LogP contribution in [-0.2, 0) is 6.42 Å². The molecule has 0 radical (unpaired) electrons. The van der Waals surface area contributed by atoms with Crippen molar-refractivity contribution in [1.82, 2.24) is 0 Å². The second-order valence-corrected chi connectivity index (χ2v) is 2.92. The number of aliphatic hydroxyl groups excluding tert-OH is 1. The van der Waals surface area contributed by atoms with E-state index in [1.54, 1.807) is 12.1 Å². The number of aliphatic hydroxyl groups is 1. The first kappa shape index (κ1) is 11.0. The number of rotatable bonds is 5. The van der Waals surface area contributed by atoms with E-state index in [9.17, 15) is 0 Å². The average Bonchev–Trinajstić information content (AvgIpc) is 2.16. The predicted octanol–water partition coefficient (Wildman–Crippen LogP) is -0.0402. The normalized spacial score (nSPS) is 9.93. The second kappa shape index (κ2) is 5.64. The molecule has 0 atom stereocenters. The molecule has 76 valence electrons. The van der Waals surface area contributed by atoms with E-state index in [2.05, 4.69) is 4.65 Å². The van der Waals surface area contributed by atoms with E-state index >= 15 is 0 Å². The van der Waals surface area contributed by atoms with Gasteiger partial charge in [0.15, 0.2) is 0 Å². The smallest absolute Gasteiger partial charge is 0.512 e. The van der Waals surface area contributed by atoms with Gasteiger partial charge < -0.3 is 19.8 Å². The van der Waals surface area contributed by atoms with E-state index in [-0.39, 0.29) is 6.61 Å². The van der Waals surface area contributed by atoms with E-state index in [4.69, 9.17) is 15.2 Å². The van der Waals surface area contributed by atoms with Crippen molar-refractivity contribution >= 4 is 7.32 Å². The van der Waals surface area contributed by atoms with Crippen LogP contribution in [0.4, 0.5) is 0 Å². The van der Waals surface area contributed by atoms with Gasteiger partial charge in [0.1, 0.15) is 5.75 Å². The minimum Gasteiger partial charge on any atom is -0.512 e. The molecule has 4 nitrogen and oxygen atoms in total. The van der Waals surface area contributed by atoms with E-state index in [0.29, 0.717) is 5.75 Å². The monoisotopic (exact) mass is 196 g/mol. The van der Waals surface area contributed by atoms with E-state index in [0.717, 1.165) is 18.4 Å². The van der Waals surface area contributed by atoms with Crippen LogP contribution < -0.4 is 4.65 Å². The van der Waals surface area contributed by atoms with Crippen molar-refractivity contribution in [1.29, 1.82) is 0 Å². The molecule has 0 aliphatic heterocycles. The second-order valence-electron chi connectivity index (χ2n) is 2.92. The summed E-state index contributed by atoms with van der Waals surface area (Å²) in [5.74, 6) is 0.410. The molecule has 0 heterocycles. The Balaban J connectivity index is 2.50. The zero-order chi connectivity index (χ0) is 10.4. The summed E-state index contributed by atoms with van der Waals surface area (Å²) in [7, 11) is -1.78. The lowest BCUT2D eigenvalue weighted by Crippen LogP contribution is -2.20. The maximum Gasteiger partial charge on any atom is 0.707 e. The first-order valence-corrected chi connectivity index (χ1v) is 4.45. The Kier molecular flexibility index (Phi) is 4.45. The SMILES string of the molecule is OCCCc1ccc(OB(O)O)cc1. The van der Waals surface area contributed by atoms with Crippen LogP contribution in [0, 0.1) is 0 Å². The molecule has 1 aromatic rings. The zero-order valence-corrected chi connectivity index (χ0v) is 7.76. The van der Waals surface area contributed by atoms with Gasteiger partial charge in [0, 0.05) is 6.61 Å². The maximum absolute atomic E-state index is 8.61. The molecular weight excluding hydrogens is 183 g/mol. The molecule has 0 spiro atoms. The molecule has 14 heavy (non-hydrogen) atoms. The lowest BCUT2D eigenvalue weighted by molar-refractivity contribution is 0.288. The minimum atomic E-state index is -1.78. The van der Waals surface area contributed by atoms with Crippen LogP contribution in [0.15, 0.2) is 24.3 Å². The Morgan fingerprint density at radius 2 is 1.79 bits per heavy atom. The highest BCUT2D eigenvalue weighted by Gasteiger charge is 2.10. The standard InChI is InChI=1S/C9H13BO4/c11-7-1-2-8-3-5-9(6-4-8)14-10(12)13/h3-6,11-13H,1-2,7H2. The summed E-state index contributed by atoms with van der Waals surface area (Å²) in [5.41, 5.74) is 1.08. The summed E-state index contributed by atoms with van der Waals surface area (Å²) in [6.07, 6.45) is 1.53. The predicted molar refractivity (Wildman–Crippen MR) is 52.7 cm³/mol. The van der Waals surface area contributed by atoms with Crippen molar-refractivity contribution in [2.75, 3.05) is 6.61 Å². The molecule has 0 bridgehead atoms. The van der Waals surface area contributed by atoms with Crippen LogP contribution >= 0.6 is 0 Å². The number of aryl methyl sites for hydroxylation is 1. The summed E-state index contributed by atoms with van der Waals surface area (Å²) in [4.78, 5) is 0. The van der Waals surface area contributed by atoms with Crippen molar-refractivity contribution < 1.29 is 19.8 Å². The highest BCUT2D eigenvalue weighted by molar-refractivity contribution is 6.33. The van der Waals surface area contributed by atoms with Crippen molar-refractivity contribution in [2.24, 2.45) is 0 Å². The Hall–Kier alpha value is -1.04. The third-order valence-corrected chi connectivity index (χ3v) is 1.79. The number of hydrogen-bond acceptors (Lipinski definition) is 4. The third kappa shape index (κ3) is 3.78. The molecule has 1 rings (SSSR count). The molecular formula is C9H13BO4. The zero-order valence-electron chi connectivity index (χ0n) is 7.76. The van der Waals surface area contributed by atoms with Gasteiger partial charge in [0.25, 0.3) is 0 Å². The van der Waals surface area contributed by atoms with Gasteiger partial charge >= 0.3 is 7.32 Å². The van der Waals surface area contributed by atoms with Crippen molar-refractivity contribution in [3.05, 3.63) is 29.8 Å². The van der Waals surface area contributed by atoms with Gasteiger partial charge in [-0.3, -0.25) is 0 Å². The molecule has 5 heteroatoms. The van der Waals surface area contributed by atoms with Gasteiger partial charge in [0.2, 0.25) is 0 Å². The Morgan fingerprint density at radius 1 is 1.14 bits per heavy atom. The molecule has 0 aromatic heterocycles. The average molecular weight is 196 g/mol. The van der Waals surface area contributed by atoms with Gasteiger partial charge in [-0.2, -0.15) is 0 Å². The minimum absolute atomic E-state index is 0.174. The molecule has 0 aliphatic rings. The van der Waals surface area contributed by atoms with E-state index < -0.39 is 7.32 Å². The van der Waals surface area contributed by atoms with Crippen LogP contribution in [0.5, 0.6) is 5.75 Å². The largest absolute Gasteiger partial charge is 0.707 e. The highest BCUT2D eigenvalue weighted by atomic mass is 16.6. The topological polar surface area (TPSA) is 69.9 Å². The lowest BCUT2D eigenvalue weighted by Gasteiger charge is -2.05. The van der Waals surface area contributed by atoms with Gasteiger partial charge in [0.05, 0.1) is 0 Å². The molecule has 1 aromatic carbocycles. The summed E-state index contributed by atoms with van der Waals surface area (Å²) < 4.78 is 4.64. The van der Waals surface area contributed by atoms with Crippen LogP contribution in [0.25, 0.3) is 0 Å². The number of benzene rings is 1. The summed E-state index contributed by atoms with van der Waals surface area (Å²) in [6.45, 7) is 0.174. The Morgan fingerprint density at radius 3 is 2.29 bits per heavy atom. The first-order chi connectivity index (χ1) is 6.72. The van der Waals surface area contributed by atoms with Gasteiger partial charge in [-0.1, -0.05) is 12.1 Å². The highest BCUT2D eigenvalue weighted by Crippen LogP contribution is 2.13. The molecule has 0 fully saturated rings. The molecule has 0 saturated heterocycles. The molecule has 0 unspecified atom stereocenters. The third-order valence-electron chi connectivity index (χ3n) is 1.79. The van der Waals surface area contributed by atoms with Crippen LogP contribution in [0.1, 0.15) is 12.0 Å². The molecule has 0 aliphatic carbocycles. The molecule has 0 saturated carbocycles. The maximum atomic E-state index is 8.61. The molecule has 3 N–H and O–H groups in total. The van der Waals surface area contributed by atoms with Crippen molar-refractivity contribution in [3.8, 4) is 5.75 Å². The number of hydrogen-bond donors (Lipinski definition) is 3. The van der Waals surface area contributed by atoms with Crippen LogP contribution in [0.3, 0.4) is 0 Å². The van der Waals surface area contributed by atoms with Gasteiger partial charge in [-0.25, -0.2) is 0 Å². The fourth-order valence-electron chi connectivity index (χ4n) is 1.14. The summed E-state index contributed by atoms with van der Waals surface area (Å²) in [5, 5.41) is 25.6. The Bertz CT molecular complexity index is 260. The van der Waals surface area contributed by atoms with E-state index in [1.807, 2.05) is 12.1 Å². The van der Waals surface area contributed by atoms with Gasteiger partial charge in [-0.15, -0.1) is 0 Å². The summed E-state index contributed by atoms with van der Waals surface area (Å²) >= 11 is 0. The first-order valence-electron chi connectivity index (χ1n) is 4.45. The quantitative estimate of drug-likeness (QED) is 0.578. The molecule has 0 amide bonds. The Labute approximate surface area is 82.9 Å². The van der Waals surface area contributed by atoms with Gasteiger partial charge in [-0.05, 0) is 30.5 Å². The van der Waals surface area contributed by atoms with Crippen molar-refractivity contribution in [2.45, 2.75) is 12.8 Å². The fraction of sp³-hybridized carbons (Fsp3) is 0.333. The summed E-state index contributed by atoms with van der Waals surface area (Å²) in [6, 6.07) is 6.97.